The zero-order chi connectivity index (χ0) is 13.1. The van der Waals surface area contributed by atoms with Gasteiger partial charge in [0, 0.05) is 30.7 Å². The highest BCUT2D eigenvalue weighted by molar-refractivity contribution is 5.24. The van der Waals surface area contributed by atoms with Gasteiger partial charge in [-0.15, -0.1) is 0 Å². The van der Waals surface area contributed by atoms with Gasteiger partial charge in [0.25, 0.3) is 0 Å². The molecule has 0 aromatic carbocycles. The van der Waals surface area contributed by atoms with Crippen LogP contribution in [-0.4, -0.2) is 18.8 Å². The molecular weight excluding hydrogens is 238 g/mol. The van der Waals surface area contributed by atoms with Crippen molar-refractivity contribution >= 4 is 0 Å². The first kappa shape index (κ1) is 13.2. The summed E-state index contributed by atoms with van der Waals surface area (Å²) in [6, 6.07) is 3.25. The van der Waals surface area contributed by atoms with Crippen LogP contribution in [0.3, 0.4) is 0 Å². The number of furan rings is 1. The molecule has 3 nitrogen and oxygen atoms in total. The quantitative estimate of drug-likeness (QED) is 0.901. The molecule has 1 aromatic rings. The van der Waals surface area contributed by atoms with Crippen LogP contribution in [0.1, 0.15) is 62.8 Å². The van der Waals surface area contributed by atoms with E-state index < -0.39 is 0 Å². The zero-order valence-electron chi connectivity index (χ0n) is 11.9. The van der Waals surface area contributed by atoms with Gasteiger partial charge in [0.15, 0.2) is 0 Å². The summed E-state index contributed by atoms with van der Waals surface area (Å²) in [6.45, 7) is 3.15. The summed E-state index contributed by atoms with van der Waals surface area (Å²) in [7, 11) is 0. The molecule has 1 aliphatic heterocycles. The summed E-state index contributed by atoms with van der Waals surface area (Å²) in [4.78, 5) is 0. The minimum Gasteiger partial charge on any atom is -0.469 e. The third-order valence-electron chi connectivity index (χ3n) is 4.47. The summed E-state index contributed by atoms with van der Waals surface area (Å²) in [5.74, 6) is 1.20. The second kappa shape index (κ2) is 6.10. The molecule has 1 aromatic heterocycles. The van der Waals surface area contributed by atoms with E-state index in [4.69, 9.17) is 9.15 Å². The van der Waals surface area contributed by atoms with Crippen molar-refractivity contribution in [1.29, 1.82) is 0 Å². The average molecular weight is 263 g/mol. The van der Waals surface area contributed by atoms with Gasteiger partial charge >= 0.3 is 0 Å². The van der Waals surface area contributed by atoms with Gasteiger partial charge in [-0.2, -0.15) is 0 Å². The van der Waals surface area contributed by atoms with Crippen molar-refractivity contribution < 1.29 is 9.15 Å². The standard InChI is InChI=1S/C16H25NO2/c1-2-4-13-11-12(7-9-18-13)17-15-5-3-6-16-14(15)8-10-19-16/h8,10,12-13,15,17H,2-7,9,11H2,1H3. The van der Waals surface area contributed by atoms with Crippen LogP contribution in [0.2, 0.25) is 0 Å². The molecule has 0 bridgehead atoms. The third-order valence-corrected chi connectivity index (χ3v) is 4.47. The van der Waals surface area contributed by atoms with Crippen LogP contribution in [0.4, 0.5) is 0 Å². The molecule has 3 unspecified atom stereocenters. The van der Waals surface area contributed by atoms with Crippen LogP contribution in [0.15, 0.2) is 16.7 Å². The minimum atomic E-state index is 0.462. The summed E-state index contributed by atoms with van der Waals surface area (Å²) in [5, 5.41) is 3.85. The molecule has 19 heavy (non-hydrogen) atoms. The lowest BCUT2D eigenvalue weighted by atomic mass is 9.91. The Morgan fingerprint density at radius 3 is 3.21 bits per heavy atom. The van der Waals surface area contributed by atoms with Gasteiger partial charge in [-0.05, 0) is 38.2 Å². The van der Waals surface area contributed by atoms with Gasteiger partial charge in [0.1, 0.15) is 5.76 Å². The molecular formula is C16H25NO2. The molecule has 106 valence electrons. The predicted molar refractivity (Wildman–Crippen MR) is 75.2 cm³/mol. The fourth-order valence-electron chi connectivity index (χ4n) is 3.50. The van der Waals surface area contributed by atoms with Crippen LogP contribution in [0.25, 0.3) is 0 Å². The van der Waals surface area contributed by atoms with E-state index in [9.17, 15) is 0 Å². The molecule has 1 saturated heterocycles. The maximum atomic E-state index is 5.83. The molecule has 2 aliphatic rings. The number of rotatable bonds is 4. The number of hydrogen-bond donors (Lipinski definition) is 1. The third kappa shape index (κ3) is 3.03. The van der Waals surface area contributed by atoms with E-state index in [-0.39, 0.29) is 0 Å². The van der Waals surface area contributed by atoms with Crippen molar-refractivity contribution in [3.63, 3.8) is 0 Å². The van der Waals surface area contributed by atoms with Gasteiger partial charge in [-0.3, -0.25) is 0 Å². The molecule has 1 fully saturated rings. The van der Waals surface area contributed by atoms with Crippen molar-refractivity contribution in [2.75, 3.05) is 6.61 Å². The van der Waals surface area contributed by atoms with E-state index in [2.05, 4.69) is 18.3 Å². The normalized spacial score (nSPS) is 31.1. The Balaban J connectivity index is 1.60. The number of ether oxygens (including phenoxy) is 1. The van der Waals surface area contributed by atoms with Crippen LogP contribution in [-0.2, 0) is 11.2 Å². The maximum Gasteiger partial charge on any atom is 0.108 e. The van der Waals surface area contributed by atoms with Gasteiger partial charge in [0.05, 0.1) is 12.4 Å². The van der Waals surface area contributed by atoms with Crippen molar-refractivity contribution in [3.05, 3.63) is 23.7 Å². The fourth-order valence-corrected chi connectivity index (χ4v) is 3.50. The smallest absolute Gasteiger partial charge is 0.108 e. The van der Waals surface area contributed by atoms with E-state index in [1.807, 2.05) is 6.26 Å². The fraction of sp³-hybridized carbons (Fsp3) is 0.750. The molecule has 0 saturated carbocycles. The van der Waals surface area contributed by atoms with E-state index >= 15 is 0 Å². The van der Waals surface area contributed by atoms with E-state index in [0.717, 1.165) is 25.9 Å². The van der Waals surface area contributed by atoms with Crippen LogP contribution in [0.5, 0.6) is 0 Å². The van der Waals surface area contributed by atoms with Crippen molar-refractivity contribution in [2.45, 2.75) is 70.1 Å². The first-order chi connectivity index (χ1) is 9.36. The zero-order valence-corrected chi connectivity index (χ0v) is 11.9. The van der Waals surface area contributed by atoms with Crippen LogP contribution < -0.4 is 5.32 Å². The van der Waals surface area contributed by atoms with Crippen molar-refractivity contribution in [1.82, 2.24) is 5.32 Å². The van der Waals surface area contributed by atoms with Crippen molar-refractivity contribution in [2.24, 2.45) is 0 Å². The molecule has 1 N–H and O–H groups in total. The van der Waals surface area contributed by atoms with Crippen LogP contribution >= 0.6 is 0 Å². The summed E-state index contributed by atoms with van der Waals surface area (Å²) >= 11 is 0. The highest BCUT2D eigenvalue weighted by atomic mass is 16.5. The number of fused-ring (bicyclic) bond motifs is 1. The second-order valence-corrected chi connectivity index (χ2v) is 5.91. The summed E-state index contributed by atoms with van der Waals surface area (Å²) in [5.41, 5.74) is 1.39. The Labute approximate surface area is 115 Å². The molecule has 2 heterocycles. The monoisotopic (exact) mass is 263 g/mol. The molecule has 0 radical (unpaired) electrons. The minimum absolute atomic E-state index is 0.462. The van der Waals surface area contributed by atoms with E-state index in [1.165, 1.54) is 37.0 Å². The number of nitrogens with one attached hydrogen (secondary N) is 1. The van der Waals surface area contributed by atoms with E-state index in [0.29, 0.717) is 18.2 Å². The predicted octanol–water partition coefficient (Wildman–Crippen LogP) is 3.59. The summed E-state index contributed by atoms with van der Waals surface area (Å²) < 4.78 is 11.4. The van der Waals surface area contributed by atoms with Gasteiger partial charge < -0.3 is 14.5 Å². The maximum absolute atomic E-state index is 5.83. The van der Waals surface area contributed by atoms with Crippen LogP contribution in [0, 0.1) is 0 Å². The number of aryl methyl sites for hydroxylation is 1. The SMILES string of the molecule is CCCC1CC(NC2CCCc3occc32)CCO1. The second-order valence-electron chi connectivity index (χ2n) is 5.91. The Hall–Kier alpha value is -0.800. The topological polar surface area (TPSA) is 34.4 Å². The molecule has 3 rings (SSSR count). The molecule has 3 heteroatoms. The molecule has 0 amide bonds. The highest BCUT2D eigenvalue weighted by Gasteiger charge is 2.28. The molecule has 1 aliphatic carbocycles. The van der Waals surface area contributed by atoms with Gasteiger partial charge in [0.2, 0.25) is 0 Å². The Kier molecular flexibility index (Phi) is 4.24. The largest absolute Gasteiger partial charge is 0.469 e. The van der Waals surface area contributed by atoms with Gasteiger partial charge in [-0.25, -0.2) is 0 Å². The first-order valence-corrected chi connectivity index (χ1v) is 7.80. The average Bonchev–Trinajstić information content (AvgIpc) is 2.89. The van der Waals surface area contributed by atoms with E-state index in [1.54, 1.807) is 0 Å². The molecule has 3 atom stereocenters. The first-order valence-electron chi connectivity index (χ1n) is 7.80. The summed E-state index contributed by atoms with van der Waals surface area (Å²) in [6.07, 6.45) is 10.6. The lowest BCUT2D eigenvalue weighted by Gasteiger charge is -2.34. The highest BCUT2D eigenvalue weighted by Crippen LogP contribution is 2.32. The lowest BCUT2D eigenvalue weighted by Crippen LogP contribution is -2.41. The Morgan fingerprint density at radius 2 is 2.32 bits per heavy atom. The Morgan fingerprint density at radius 1 is 1.37 bits per heavy atom. The molecule has 0 spiro atoms. The van der Waals surface area contributed by atoms with Gasteiger partial charge in [-0.1, -0.05) is 13.3 Å². The van der Waals surface area contributed by atoms with Crippen molar-refractivity contribution in [3.8, 4) is 0 Å². The number of hydrogen-bond acceptors (Lipinski definition) is 3. The lowest BCUT2D eigenvalue weighted by molar-refractivity contribution is -0.00544. The Bertz CT molecular complexity index is 399.